The number of benzene rings is 2. The van der Waals surface area contributed by atoms with Crippen molar-refractivity contribution < 1.29 is 14.2 Å². The van der Waals surface area contributed by atoms with Gasteiger partial charge >= 0.3 is 0 Å². The zero-order chi connectivity index (χ0) is 22.1. The maximum Gasteiger partial charge on any atom is 0.162 e. The summed E-state index contributed by atoms with van der Waals surface area (Å²) in [6, 6.07) is 18.7. The molecule has 0 aliphatic heterocycles. The molecule has 0 unspecified atom stereocenters. The summed E-state index contributed by atoms with van der Waals surface area (Å²) in [6.45, 7) is 0. The molecule has 6 nitrogen and oxygen atoms in total. The second kappa shape index (κ2) is 8.32. The molecule has 0 N–H and O–H groups in total. The van der Waals surface area contributed by atoms with E-state index in [1.54, 1.807) is 26.6 Å². The number of pyridine rings is 3. The van der Waals surface area contributed by atoms with E-state index in [1.807, 2.05) is 60.7 Å². The maximum atomic E-state index is 6.43. The van der Waals surface area contributed by atoms with Crippen LogP contribution in [-0.4, -0.2) is 29.2 Å². The van der Waals surface area contributed by atoms with Gasteiger partial charge in [-0.05, 0) is 42.5 Å². The second-order valence-corrected chi connectivity index (χ2v) is 7.46. The van der Waals surface area contributed by atoms with Gasteiger partial charge in [0.1, 0.15) is 11.4 Å². The van der Waals surface area contributed by atoms with Crippen LogP contribution in [0.25, 0.3) is 33.2 Å². The molecule has 0 radical (unpaired) electrons. The number of rotatable bonds is 5. The third kappa shape index (κ3) is 3.65. The van der Waals surface area contributed by atoms with E-state index in [0.29, 0.717) is 39.4 Å². The van der Waals surface area contributed by atoms with Crippen LogP contribution in [0.2, 0.25) is 5.02 Å². The maximum absolute atomic E-state index is 6.43. The Hall–Kier alpha value is -3.90. The summed E-state index contributed by atoms with van der Waals surface area (Å²) in [6.07, 6.45) is 3.42. The van der Waals surface area contributed by atoms with Crippen LogP contribution in [0, 0.1) is 0 Å². The molecule has 0 aliphatic carbocycles. The van der Waals surface area contributed by atoms with Crippen molar-refractivity contribution in [2.75, 3.05) is 14.2 Å². The van der Waals surface area contributed by atoms with E-state index < -0.39 is 0 Å². The van der Waals surface area contributed by atoms with Crippen LogP contribution in [0.3, 0.4) is 0 Å². The third-order valence-electron chi connectivity index (χ3n) is 5.10. The van der Waals surface area contributed by atoms with Crippen molar-refractivity contribution >= 4 is 33.5 Å². The SMILES string of the molecule is COc1cc2nccc(Oc3cc4cccnc4nc3-c3ccc(Cl)cc3)c2cc1OC. The topological polar surface area (TPSA) is 66.4 Å². The highest BCUT2D eigenvalue weighted by molar-refractivity contribution is 6.30. The van der Waals surface area contributed by atoms with Gasteiger partial charge in [0, 0.05) is 39.8 Å². The Bertz CT molecular complexity index is 1440. The lowest BCUT2D eigenvalue weighted by Gasteiger charge is -2.15. The Morgan fingerprint density at radius 1 is 0.750 bits per heavy atom. The molecule has 0 spiro atoms. The molecular weight excluding hydrogens is 426 g/mol. The monoisotopic (exact) mass is 443 g/mol. The summed E-state index contributed by atoms with van der Waals surface area (Å²) in [4.78, 5) is 13.6. The number of nitrogens with zero attached hydrogens (tertiary/aromatic N) is 3. The molecule has 0 saturated carbocycles. The van der Waals surface area contributed by atoms with Crippen molar-refractivity contribution in [1.82, 2.24) is 15.0 Å². The van der Waals surface area contributed by atoms with Gasteiger partial charge < -0.3 is 14.2 Å². The van der Waals surface area contributed by atoms with Gasteiger partial charge in [-0.25, -0.2) is 9.97 Å². The van der Waals surface area contributed by atoms with Crippen LogP contribution in [0.1, 0.15) is 0 Å². The number of halogens is 1. The molecule has 32 heavy (non-hydrogen) atoms. The predicted octanol–water partition coefficient (Wildman–Crippen LogP) is 6.31. The Morgan fingerprint density at radius 3 is 2.31 bits per heavy atom. The normalized spacial score (nSPS) is 11.0. The number of ether oxygens (including phenoxy) is 3. The minimum atomic E-state index is 0.593. The fraction of sp³-hybridized carbons (Fsp3) is 0.0800. The molecule has 7 heteroatoms. The van der Waals surface area contributed by atoms with Crippen LogP contribution in [0.5, 0.6) is 23.0 Å². The fourth-order valence-corrected chi connectivity index (χ4v) is 3.66. The molecule has 0 bridgehead atoms. The van der Waals surface area contributed by atoms with Gasteiger partial charge in [0.25, 0.3) is 0 Å². The average Bonchev–Trinajstić information content (AvgIpc) is 2.83. The summed E-state index contributed by atoms with van der Waals surface area (Å²) in [7, 11) is 3.19. The highest BCUT2D eigenvalue weighted by atomic mass is 35.5. The molecule has 0 atom stereocenters. The molecule has 0 saturated heterocycles. The highest BCUT2D eigenvalue weighted by Gasteiger charge is 2.16. The minimum Gasteiger partial charge on any atom is -0.493 e. The van der Waals surface area contributed by atoms with Crippen LogP contribution < -0.4 is 14.2 Å². The van der Waals surface area contributed by atoms with E-state index >= 15 is 0 Å². The third-order valence-corrected chi connectivity index (χ3v) is 5.35. The summed E-state index contributed by atoms with van der Waals surface area (Å²) in [5, 5.41) is 2.31. The van der Waals surface area contributed by atoms with Crippen molar-refractivity contribution in [3.05, 3.63) is 78.1 Å². The Morgan fingerprint density at radius 2 is 1.53 bits per heavy atom. The number of fused-ring (bicyclic) bond motifs is 2. The van der Waals surface area contributed by atoms with Crippen molar-refractivity contribution in [3.63, 3.8) is 0 Å². The van der Waals surface area contributed by atoms with Crippen molar-refractivity contribution in [3.8, 4) is 34.3 Å². The zero-order valence-corrected chi connectivity index (χ0v) is 18.1. The van der Waals surface area contributed by atoms with Crippen LogP contribution in [0.15, 0.2) is 73.1 Å². The predicted molar refractivity (Wildman–Crippen MR) is 125 cm³/mol. The minimum absolute atomic E-state index is 0.593. The van der Waals surface area contributed by atoms with Crippen molar-refractivity contribution in [1.29, 1.82) is 0 Å². The van der Waals surface area contributed by atoms with Crippen molar-refractivity contribution in [2.24, 2.45) is 0 Å². The first-order chi connectivity index (χ1) is 15.7. The lowest BCUT2D eigenvalue weighted by molar-refractivity contribution is 0.355. The van der Waals surface area contributed by atoms with Gasteiger partial charge in [0.05, 0.1) is 19.7 Å². The molecule has 3 heterocycles. The van der Waals surface area contributed by atoms with E-state index in [0.717, 1.165) is 21.9 Å². The average molecular weight is 444 g/mol. The second-order valence-electron chi connectivity index (χ2n) is 7.03. The molecule has 0 aliphatic rings. The lowest BCUT2D eigenvalue weighted by atomic mass is 10.1. The van der Waals surface area contributed by atoms with Gasteiger partial charge in [-0.3, -0.25) is 4.98 Å². The van der Waals surface area contributed by atoms with E-state index in [2.05, 4.69) is 9.97 Å². The fourth-order valence-electron chi connectivity index (χ4n) is 3.53. The van der Waals surface area contributed by atoms with E-state index in [4.69, 9.17) is 30.8 Å². The van der Waals surface area contributed by atoms with Gasteiger partial charge in [-0.15, -0.1) is 0 Å². The smallest absolute Gasteiger partial charge is 0.162 e. The Balaban J connectivity index is 1.69. The molecule has 5 rings (SSSR count). The zero-order valence-electron chi connectivity index (χ0n) is 17.4. The number of aromatic nitrogens is 3. The largest absolute Gasteiger partial charge is 0.493 e. The highest BCUT2D eigenvalue weighted by Crippen LogP contribution is 2.39. The molecular formula is C25H18ClN3O3. The van der Waals surface area contributed by atoms with Gasteiger partial charge in [-0.1, -0.05) is 23.7 Å². The summed E-state index contributed by atoms with van der Waals surface area (Å²) < 4.78 is 17.3. The van der Waals surface area contributed by atoms with Gasteiger partial charge in [0.2, 0.25) is 0 Å². The molecule has 158 valence electrons. The molecule has 0 fully saturated rings. The van der Waals surface area contributed by atoms with E-state index in [-0.39, 0.29) is 0 Å². The number of hydrogen-bond acceptors (Lipinski definition) is 6. The first-order valence-electron chi connectivity index (χ1n) is 9.86. The summed E-state index contributed by atoms with van der Waals surface area (Å²) >= 11 is 6.09. The standard InChI is InChI=1S/C25H18ClN3O3/c1-30-21-13-18-19(14-22(21)31-2)27-11-9-20(18)32-23-12-16-4-3-10-28-25(16)29-24(23)15-5-7-17(26)8-6-15/h3-14H,1-2H3. The van der Waals surface area contributed by atoms with Crippen LogP contribution >= 0.6 is 11.6 Å². The Labute approximate surface area is 189 Å². The first-order valence-corrected chi connectivity index (χ1v) is 10.2. The van der Waals surface area contributed by atoms with Gasteiger partial charge in [-0.2, -0.15) is 0 Å². The Kier molecular flexibility index (Phi) is 5.21. The van der Waals surface area contributed by atoms with Gasteiger partial charge in [0.15, 0.2) is 22.9 Å². The number of methoxy groups -OCH3 is 2. The summed E-state index contributed by atoms with van der Waals surface area (Å²) in [5.74, 6) is 2.41. The van der Waals surface area contributed by atoms with Crippen molar-refractivity contribution in [2.45, 2.75) is 0 Å². The quantitative estimate of drug-likeness (QED) is 0.317. The van der Waals surface area contributed by atoms with E-state index in [9.17, 15) is 0 Å². The van der Waals surface area contributed by atoms with E-state index in [1.165, 1.54) is 0 Å². The molecule has 5 aromatic rings. The number of hydrogen-bond donors (Lipinski definition) is 0. The van der Waals surface area contributed by atoms with Crippen LogP contribution in [-0.2, 0) is 0 Å². The molecule has 2 aromatic carbocycles. The summed E-state index contributed by atoms with van der Waals surface area (Å²) in [5.41, 5.74) is 2.90. The molecule has 3 aromatic heterocycles. The lowest BCUT2D eigenvalue weighted by Crippen LogP contribution is -1.96. The van der Waals surface area contributed by atoms with Crippen LogP contribution in [0.4, 0.5) is 0 Å². The first kappa shape index (κ1) is 20.0. The molecule has 0 amide bonds.